The maximum Gasteiger partial charge on any atom is 0.433 e. The van der Waals surface area contributed by atoms with Gasteiger partial charge in [-0.3, -0.25) is 4.79 Å². The summed E-state index contributed by atoms with van der Waals surface area (Å²) in [7, 11) is 1.63. The molecular weight excluding hydrogens is 397 g/mol. The normalized spacial score (nSPS) is 19.3. The van der Waals surface area contributed by atoms with Crippen LogP contribution in [0.25, 0.3) is 11.5 Å². The molecule has 0 bridgehead atoms. The lowest BCUT2D eigenvalue weighted by atomic mass is 10.0. The number of aromatic nitrogens is 4. The van der Waals surface area contributed by atoms with E-state index in [1.165, 1.54) is 42.8 Å². The van der Waals surface area contributed by atoms with Crippen LogP contribution in [0, 0.1) is 0 Å². The van der Waals surface area contributed by atoms with Crippen molar-refractivity contribution >= 4 is 5.91 Å². The van der Waals surface area contributed by atoms with Gasteiger partial charge in [0.05, 0.1) is 12.5 Å². The van der Waals surface area contributed by atoms with Crippen LogP contribution in [0.1, 0.15) is 54.7 Å². The van der Waals surface area contributed by atoms with Crippen LogP contribution in [0.15, 0.2) is 18.6 Å². The Hall–Kier alpha value is -2.49. The number of rotatable bonds is 4. The van der Waals surface area contributed by atoms with Crippen LogP contribution in [-0.2, 0) is 13.2 Å². The second-order valence-electron chi connectivity index (χ2n) is 8.07. The first-order valence-corrected chi connectivity index (χ1v) is 10.3. The number of likely N-dealkylation sites (tertiary alicyclic amines) is 1. The number of nitrogens with zero attached hydrogens (tertiary/aromatic N) is 5. The zero-order chi connectivity index (χ0) is 21.3. The Labute approximate surface area is 172 Å². The van der Waals surface area contributed by atoms with Crippen molar-refractivity contribution in [3.05, 3.63) is 30.0 Å². The third-order valence-electron chi connectivity index (χ3n) is 6.00. The molecule has 0 unspecified atom stereocenters. The summed E-state index contributed by atoms with van der Waals surface area (Å²) in [6, 6.07) is 1.28. The number of alkyl halides is 3. The molecule has 1 saturated heterocycles. The number of hydrogen-bond donors (Lipinski definition) is 1. The molecule has 0 aromatic carbocycles. The van der Waals surface area contributed by atoms with Gasteiger partial charge in [-0.25, -0.2) is 15.0 Å². The summed E-state index contributed by atoms with van der Waals surface area (Å²) in [5.41, 5.74) is -1.12. The molecule has 0 spiro atoms. The van der Waals surface area contributed by atoms with Gasteiger partial charge in [0.15, 0.2) is 5.82 Å². The molecule has 162 valence electrons. The van der Waals surface area contributed by atoms with Gasteiger partial charge in [-0.05, 0) is 25.7 Å². The van der Waals surface area contributed by atoms with Crippen molar-refractivity contribution in [2.45, 2.75) is 56.8 Å². The van der Waals surface area contributed by atoms with Gasteiger partial charge in [0.25, 0.3) is 5.91 Å². The van der Waals surface area contributed by atoms with Crippen LogP contribution < -0.4 is 5.32 Å². The predicted molar refractivity (Wildman–Crippen MR) is 104 cm³/mol. The lowest BCUT2D eigenvalue weighted by Crippen LogP contribution is -2.47. The molecule has 30 heavy (non-hydrogen) atoms. The van der Waals surface area contributed by atoms with Gasteiger partial charge >= 0.3 is 6.18 Å². The lowest BCUT2D eigenvalue weighted by Gasteiger charge is -2.36. The number of piperidine rings is 1. The van der Waals surface area contributed by atoms with E-state index in [2.05, 4.69) is 25.2 Å². The molecule has 2 aromatic rings. The Kier molecular flexibility index (Phi) is 5.77. The van der Waals surface area contributed by atoms with Crippen molar-refractivity contribution in [2.75, 3.05) is 13.1 Å². The van der Waals surface area contributed by atoms with E-state index >= 15 is 0 Å². The highest BCUT2D eigenvalue weighted by Gasteiger charge is 2.35. The standard InChI is InChI=1S/C20H25F3N6O/c1-28-12-24-11-16(28)18-26-15(10-17(27-18)20(21,22)23)19(30)25-13-6-8-29(9-7-13)14-4-2-3-5-14/h10-14H,2-9H2,1H3,(H,25,30). The number of carbonyl (C=O) groups is 1. The van der Waals surface area contributed by atoms with Crippen LogP contribution in [0.2, 0.25) is 0 Å². The van der Waals surface area contributed by atoms with Gasteiger partial charge in [-0.15, -0.1) is 0 Å². The van der Waals surface area contributed by atoms with E-state index in [-0.39, 0.29) is 17.6 Å². The highest BCUT2D eigenvalue weighted by Crippen LogP contribution is 2.30. The molecule has 1 amide bonds. The first-order chi connectivity index (χ1) is 14.3. The molecule has 2 fully saturated rings. The topological polar surface area (TPSA) is 75.9 Å². The quantitative estimate of drug-likeness (QED) is 0.820. The Morgan fingerprint density at radius 3 is 2.43 bits per heavy atom. The van der Waals surface area contributed by atoms with E-state index < -0.39 is 17.8 Å². The Morgan fingerprint density at radius 1 is 1.13 bits per heavy atom. The minimum absolute atomic E-state index is 0.0698. The first kappa shape index (κ1) is 20.8. The second kappa shape index (κ2) is 8.33. The molecule has 3 heterocycles. The summed E-state index contributed by atoms with van der Waals surface area (Å²) < 4.78 is 41.6. The summed E-state index contributed by atoms with van der Waals surface area (Å²) in [5, 5.41) is 2.87. The summed E-state index contributed by atoms with van der Waals surface area (Å²) in [6.07, 6.45) is 4.71. The Morgan fingerprint density at radius 2 is 1.83 bits per heavy atom. The first-order valence-electron chi connectivity index (χ1n) is 10.3. The fourth-order valence-corrected chi connectivity index (χ4v) is 4.33. The highest BCUT2D eigenvalue weighted by atomic mass is 19.4. The monoisotopic (exact) mass is 422 g/mol. The van der Waals surface area contributed by atoms with E-state index in [9.17, 15) is 18.0 Å². The van der Waals surface area contributed by atoms with Crippen LogP contribution in [0.3, 0.4) is 0 Å². The van der Waals surface area contributed by atoms with Crippen LogP contribution in [-0.4, -0.2) is 55.5 Å². The van der Waals surface area contributed by atoms with E-state index in [0.29, 0.717) is 17.8 Å². The molecular formula is C20H25F3N6O. The Balaban J connectivity index is 1.49. The third kappa shape index (κ3) is 4.48. The highest BCUT2D eigenvalue weighted by molar-refractivity contribution is 5.93. The maximum absolute atomic E-state index is 13.4. The second-order valence-corrected chi connectivity index (χ2v) is 8.07. The molecule has 1 saturated carbocycles. The number of carbonyl (C=O) groups excluding carboxylic acids is 1. The number of nitrogens with one attached hydrogen (secondary N) is 1. The summed E-state index contributed by atoms with van der Waals surface area (Å²) in [4.78, 5) is 26.8. The zero-order valence-electron chi connectivity index (χ0n) is 16.8. The number of amides is 1. The van der Waals surface area contributed by atoms with E-state index in [0.717, 1.165) is 25.9 Å². The third-order valence-corrected chi connectivity index (χ3v) is 6.00. The molecule has 2 aliphatic rings. The van der Waals surface area contributed by atoms with E-state index in [1.54, 1.807) is 7.05 Å². The van der Waals surface area contributed by atoms with Gasteiger partial charge in [0, 0.05) is 38.3 Å². The van der Waals surface area contributed by atoms with Gasteiger partial charge < -0.3 is 14.8 Å². The van der Waals surface area contributed by atoms with Gasteiger partial charge in [0.1, 0.15) is 17.1 Å². The SMILES string of the molecule is Cn1cncc1-c1nc(C(=O)NC2CCN(C3CCCC3)CC2)cc(C(F)(F)F)n1. The smallest absolute Gasteiger partial charge is 0.348 e. The van der Waals surface area contributed by atoms with Gasteiger partial charge in [0.2, 0.25) is 0 Å². The molecule has 1 N–H and O–H groups in total. The largest absolute Gasteiger partial charge is 0.433 e. The van der Waals surface area contributed by atoms with Gasteiger partial charge in [-0.1, -0.05) is 12.8 Å². The fraction of sp³-hybridized carbons (Fsp3) is 0.600. The number of halogens is 3. The molecule has 2 aromatic heterocycles. The zero-order valence-corrected chi connectivity index (χ0v) is 16.8. The lowest BCUT2D eigenvalue weighted by molar-refractivity contribution is -0.141. The molecule has 1 aliphatic heterocycles. The number of aryl methyl sites for hydroxylation is 1. The maximum atomic E-state index is 13.4. The fourth-order valence-electron chi connectivity index (χ4n) is 4.33. The van der Waals surface area contributed by atoms with E-state index in [4.69, 9.17) is 0 Å². The van der Waals surface area contributed by atoms with Crippen molar-refractivity contribution in [2.24, 2.45) is 7.05 Å². The van der Waals surface area contributed by atoms with Gasteiger partial charge in [-0.2, -0.15) is 13.2 Å². The van der Waals surface area contributed by atoms with Crippen molar-refractivity contribution < 1.29 is 18.0 Å². The average molecular weight is 422 g/mol. The predicted octanol–water partition coefficient (Wildman–Crippen LogP) is 3.03. The van der Waals surface area contributed by atoms with Crippen molar-refractivity contribution in [3.63, 3.8) is 0 Å². The van der Waals surface area contributed by atoms with E-state index in [1.807, 2.05) is 0 Å². The molecule has 1 aliphatic carbocycles. The minimum Gasteiger partial charge on any atom is -0.348 e. The molecule has 10 heteroatoms. The van der Waals surface area contributed by atoms with Crippen molar-refractivity contribution in [1.82, 2.24) is 29.7 Å². The van der Waals surface area contributed by atoms with Crippen molar-refractivity contribution in [1.29, 1.82) is 0 Å². The average Bonchev–Trinajstić information content (AvgIpc) is 3.39. The molecule has 0 radical (unpaired) electrons. The van der Waals surface area contributed by atoms with Crippen molar-refractivity contribution in [3.8, 4) is 11.5 Å². The van der Waals surface area contributed by atoms with Crippen LogP contribution >= 0.6 is 0 Å². The molecule has 7 nitrogen and oxygen atoms in total. The van der Waals surface area contributed by atoms with Crippen LogP contribution in [0.4, 0.5) is 13.2 Å². The molecule has 0 atom stereocenters. The summed E-state index contributed by atoms with van der Waals surface area (Å²) >= 11 is 0. The number of imidazole rings is 1. The summed E-state index contributed by atoms with van der Waals surface area (Å²) in [5.74, 6) is -0.781. The number of hydrogen-bond acceptors (Lipinski definition) is 5. The Bertz CT molecular complexity index is 898. The minimum atomic E-state index is -4.68. The van der Waals surface area contributed by atoms with Crippen LogP contribution in [0.5, 0.6) is 0 Å². The molecule has 4 rings (SSSR count). The summed E-state index contributed by atoms with van der Waals surface area (Å²) in [6.45, 7) is 1.79.